The summed E-state index contributed by atoms with van der Waals surface area (Å²) in [6, 6.07) is 8.86. The summed E-state index contributed by atoms with van der Waals surface area (Å²) < 4.78 is 15.4. The first-order valence-electron chi connectivity index (χ1n) is 9.21. The van der Waals surface area contributed by atoms with Gasteiger partial charge in [-0.1, -0.05) is 30.3 Å². The molecular formula is C20H28N2O6. The van der Waals surface area contributed by atoms with Crippen molar-refractivity contribution in [3.8, 4) is 0 Å². The predicted octanol–water partition coefficient (Wildman–Crippen LogP) is 2.71. The van der Waals surface area contributed by atoms with Gasteiger partial charge in [-0.2, -0.15) is 0 Å². The minimum Gasteiger partial charge on any atom is -0.469 e. The molecule has 1 heterocycles. The van der Waals surface area contributed by atoms with Crippen molar-refractivity contribution in [1.82, 2.24) is 10.2 Å². The van der Waals surface area contributed by atoms with Gasteiger partial charge in [-0.05, 0) is 32.8 Å². The maximum absolute atomic E-state index is 12.5. The summed E-state index contributed by atoms with van der Waals surface area (Å²) in [6.07, 6.45) is -0.789. The number of carbonyl (C=O) groups is 3. The van der Waals surface area contributed by atoms with Gasteiger partial charge >= 0.3 is 18.2 Å². The van der Waals surface area contributed by atoms with Crippen LogP contribution in [0.1, 0.15) is 32.8 Å². The van der Waals surface area contributed by atoms with E-state index in [2.05, 4.69) is 5.32 Å². The number of carbonyl (C=O) groups excluding carboxylic acids is 3. The molecule has 0 spiro atoms. The van der Waals surface area contributed by atoms with Crippen LogP contribution in [0, 0.1) is 5.92 Å². The number of esters is 1. The molecule has 1 aromatic carbocycles. The molecule has 0 radical (unpaired) electrons. The standard InChI is InChI=1S/C20H28N2O6/c1-20(2,3)28-18(24)21-16-10-15(17(23)26-4)11-22(12-16)19(25)27-13-14-8-6-5-7-9-14/h5-9,15-16H,10-13H2,1-4H3,(H,21,24)/t15-,16-/m1/s1. The minimum atomic E-state index is -0.644. The number of piperidine rings is 1. The number of nitrogens with zero attached hydrogens (tertiary/aromatic N) is 1. The smallest absolute Gasteiger partial charge is 0.410 e. The molecule has 8 heteroatoms. The Kier molecular flexibility index (Phi) is 7.25. The first-order valence-corrected chi connectivity index (χ1v) is 9.21. The van der Waals surface area contributed by atoms with Gasteiger partial charge in [-0.25, -0.2) is 9.59 Å². The van der Waals surface area contributed by atoms with E-state index in [0.29, 0.717) is 6.42 Å². The fourth-order valence-electron chi connectivity index (χ4n) is 2.97. The van der Waals surface area contributed by atoms with Gasteiger partial charge < -0.3 is 24.4 Å². The van der Waals surface area contributed by atoms with Crippen molar-refractivity contribution in [2.24, 2.45) is 5.92 Å². The number of ether oxygens (including phenoxy) is 3. The Morgan fingerprint density at radius 3 is 2.43 bits per heavy atom. The van der Waals surface area contributed by atoms with E-state index in [1.807, 2.05) is 30.3 Å². The van der Waals surface area contributed by atoms with Gasteiger partial charge in [-0.3, -0.25) is 4.79 Å². The highest BCUT2D eigenvalue weighted by molar-refractivity contribution is 5.75. The molecule has 1 N–H and O–H groups in total. The minimum absolute atomic E-state index is 0.128. The third-order valence-corrected chi connectivity index (χ3v) is 4.17. The number of benzene rings is 1. The Balaban J connectivity index is 2.00. The van der Waals surface area contributed by atoms with E-state index in [1.54, 1.807) is 20.8 Å². The highest BCUT2D eigenvalue weighted by atomic mass is 16.6. The summed E-state index contributed by atoms with van der Waals surface area (Å²) in [4.78, 5) is 38.0. The molecule has 2 atom stereocenters. The van der Waals surface area contributed by atoms with Crippen LogP contribution >= 0.6 is 0 Å². The molecule has 154 valence electrons. The van der Waals surface area contributed by atoms with Crippen LogP contribution in [0.2, 0.25) is 0 Å². The molecule has 1 fully saturated rings. The van der Waals surface area contributed by atoms with Crippen molar-refractivity contribution in [2.45, 2.75) is 45.4 Å². The normalized spacial score (nSPS) is 19.5. The fourth-order valence-corrected chi connectivity index (χ4v) is 2.97. The van der Waals surface area contributed by atoms with Gasteiger partial charge in [0.25, 0.3) is 0 Å². The van der Waals surface area contributed by atoms with Crippen LogP contribution in [0.5, 0.6) is 0 Å². The molecule has 0 unspecified atom stereocenters. The summed E-state index contributed by atoms with van der Waals surface area (Å²) in [5.41, 5.74) is 0.218. The summed E-state index contributed by atoms with van der Waals surface area (Å²) in [7, 11) is 1.30. The van der Waals surface area contributed by atoms with Crippen molar-refractivity contribution >= 4 is 18.2 Å². The Bertz CT molecular complexity index is 686. The van der Waals surface area contributed by atoms with Crippen LogP contribution in [-0.4, -0.2) is 54.9 Å². The van der Waals surface area contributed by atoms with Gasteiger partial charge in [0, 0.05) is 13.1 Å². The molecule has 8 nitrogen and oxygen atoms in total. The lowest BCUT2D eigenvalue weighted by atomic mass is 9.94. The van der Waals surface area contributed by atoms with Gasteiger partial charge in [0.1, 0.15) is 12.2 Å². The average molecular weight is 392 g/mol. The predicted molar refractivity (Wildman–Crippen MR) is 101 cm³/mol. The highest BCUT2D eigenvalue weighted by Crippen LogP contribution is 2.20. The number of hydrogen-bond acceptors (Lipinski definition) is 6. The molecule has 28 heavy (non-hydrogen) atoms. The van der Waals surface area contributed by atoms with Gasteiger partial charge in [0.2, 0.25) is 0 Å². The number of amides is 2. The number of hydrogen-bond donors (Lipinski definition) is 1. The number of alkyl carbamates (subject to hydrolysis) is 1. The molecule has 1 aliphatic heterocycles. The Morgan fingerprint density at radius 2 is 1.82 bits per heavy atom. The van der Waals surface area contributed by atoms with E-state index >= 15 is 0 Å². The van der Waals surface area contributed by atoms with Crippen molar-refractivity contribution in [3.63, 3.8) is 0 Å². The average Bonchev–Trinajstić information content (AvgIpc) is 2.64. The lowest BCUT2D eigenvalue weighted by molar-refractivity contribution is -0.147. The zero-order valence-corrected chi connectivity index (χ0v) is 16.8. The quantitative estimate of drug-likeness (QED) is 0.625. The summed E-state index contributed by atoms with van der Waals surface area (Å²) in [5, 5.41) is 2.72. The monoisotopic (exact) mass is 392 g/mol. The van der Waals surface area contributed by atoms with Crippen molar-refractivity contribution in [2.75, 3.05) is 20.2 Å². The lowest BCUT2D eigenvalue weighted by Gasteiger charge is -2.36. The van der Waals surface area contributed by atoms with E-state index in [4.69, 9.17) is 14.2 Å². The highest BCUT2D eigenvalue weighted by Gasteiger charge is 2.36. The number of likely N-dealkylation sites (tertiary alicyclic amines) is 1. The number of rotatable bonds is 4. The van der Waals surface area contributed by atoms with Crippen LogP contribution in [0.3, 0.4) is 0 Å². The number of nitrogens with one attached hydrogen (secondary N) is 1. The summed E-state index contributed by atoms with van der Waals surface area (Å²) >= 11 is 0. The zero-order valence-electron chi connectivity index (χ0n) is 16.8. The molecule has 1 aromatic rings. The largest absolute Gasteiger partial charge is 0.469 e. The third kappa shape index (κ3) is 6.75. The maximum atomic E-state index is 12.5. The van der Waals surface area contributed by atoms with E-state index in [9.17, 15) is 14.4 Å². The van der Waals surface area contributed by atoms with Crippen LogP contribution in [-0.2, 0) is 25.6 Å². The first-order chi connectivity index (χ1) is 13.2. The van der Waals surface area contributed by atoms with Crippen LogP contribution in [0.25, 0.3) is 0 Å². The second-order valence-electron chi connectivity index (χ2n) is 7.74. The van der Waals surface area contributed by atoms with Crippen LogP contribution in [0.4, 0.5) is 9.59 Å². The Hall–Kier alpha value is -2.77. The lowest BCUT2D eigenvalue weighted by Crippen LogP contribution is -2.54. The fraction of sp³-hybridized carbons (Fsp3) is 0.550. The summed E-state index contributed by atoms with van der Waals surface area (Å²) in [6.45, 7) is 5.81. The SMILES string of the molecule is COC(=O)[C@@H]1C[C@@H](NC(=O)OC(C)(C)C)CN(C(=O)OCc2ccccc2)C1. The topological polar surface area (TPSA) is 94.2 Å². The molecule has 0 saturated carbocycles. The van der Waals surface area contributed by atoms with Crippen LogP contribution < -0.4 is 5.32 Å². The van der Waals surface area contributed by atoms with Gasteiger partial charge in [0.05, 0.1) is 19.1 Å². The van der Waals surface area contributed by atoms with Crippen LogP contribution in [0.15, 0.2) is 30.3 Å². The van der Waals surface area contributed by atoms with Gasteiger partial charge in [0.15, 0.2) is 0 Å². The number of methoxy groups -OCH3 is 1. The van der Waals surface area contributed by atoms with E-state index < -0.39 is 35.7 Å². The molecule has 1 aliphatic rings. The Morgan fingerprint density at radius 1 is 1.14 bits per heavy atom. The summed E-state index contributed by atoms with van der Waals surface area (Å²) in [5.74, 6) is -0.987. The van der Waals surface area contributed by atoms with E-state index in [1.165, 1.54) is 12.0 Å². The molecule has 2 rings (SSSR count). The van der Waals surface area contributed by atoms with E-state index in [0.717, 1.165) is 5.56 Å². The molecule has 0 aliphatic carbocycles. The van der Waals surface area contributed by atoms with Gasteiger partial charge in [-0.15, -0.1) is 0 Å². The van der Waals surface area contributed by atoms with Crippen molar-refractivity contribution in [1.29, 1.82) is 0 Å². The van der Waals surface area contributed by atoms with Crippen molar-refractivity contribution in [3.05, 3.63) is 35.9 Å². The molecule has 2 amide bonds. The maximum Gasteiger partial charge on any atom is 0.410 e. The second kappa shape index (κ2) is 9.43. The van der Waals surface area contributed by atoms with Crippen molar-refractivity contribution < 1.29 is 28.6 Å². The third-order valence-electron chi connectivity index (χ3n) is 4.17. The molecule has 0 bridgehead atoms. The first kappa shape index (κ1) is 21.5. The zero-order chi connectivity index (χ0) is 20.7. The molecule has 1 saturated heterocycles. The second-order valence-corrected chi connectivity index (χ2v) is 7.74. The molecular weight excluding hydrogens is 364 g/mol. The molecule has 0 aromatic heterocycles. The Labute approximate surface area is 165 Å². The van der Waals surface area contributed by atoms with E-state index in [-0.39, 0.29) is 19.7 Å².